The van der Waals surface area contributed by atoms with E-state index in [1.54, 1.807) is 0 Å². The first-order chi connectivity index (χ1) is 21.3. The number of nitrogens with zero attached hydrogens (tertiary/aromatic N) is 1. The van der Waals surface area contributed by atoms with Crippen molar-refractivity contribution >= 4 is 81.3 Å². The van der Waals surface area contributed by atoms with Crippen LogP contribution < -0.4 is 4.90 Å². The lowest BCUT2D eigenvalue weighted by atomic mass is 9.96. The molecule has 2 aromatic heterocycles. The van der Waals surface area contributed by atoms with Crippen molar-refractivity contribution in [1.82, 2.24) is 0 Å². The number of rotatable bonds is 4. The second-order valence-electron chi connectivity index (χ2n) is 10.9. The van der Waals surface area contributed by atoms with Crippen LogP contribution >= 0.6 is 11.3 Å². The lowest BCUT2D eigenvalue weighted by Crippen LogP contribution is -2.12. The van der Waals surface area contributed by atoms with Gasteiger partial charge in [-0.25, -0.2) is 0 Å². The predicted octanol–water partition coefficient (Wildman–Crippen LogP) is 12.2. The van der Waals surface area contributed by atoms with Crippen molar-refractivity contribution in [3.63, 3.8) is 0 Å². The summed E-state index contributed by atoms with van der Waals surface area (Å²) in [6, 6.07) is 54.3. The van der Waals surface area contributed by atoms with Crippen LogP contribution in [0.15, 0.2) is 156 Å². The normalized spacial score (nSPS) is 11.7. The minimum absolute atomic E-state index is 0.900. The van der Waals surface area contributed by atoms with Crippen molar-refractivity contribution in [3.8, 4) is 11.1 Å². The summed E-state index contributed by atoms with van der Waals surface area (Å²) in [5, 5.41) is 7.28. The van der Waals surface area contributed by atoms with Crippen molar-refractivity contribution in [2.24, 2.45) is 0 Å². The van der Waals surface area contributed by atoms with Gasteiger partial charge < -0.3 is 9.32 Å². The highest BCUT2D eigenvalue weighted by Gasteiger charge is 2.23. The van der Waals surface area contributed by atoms with Crippen molar-refractivity contribution in [2.75, 3.05) is 4.90 Å². The summed E-state index contributed by atoms with van der Waals surface area (Å²) in [6.45, 7) is 0. The summed E-state index contributed by atoms with van der Waals surface area (Å²) in [5.74, 6) is 0. The molecule has 0 aliphatic rings. The third-order valence-electron chi connectivity index (χ3n) is 8.47. The third-order valence-corrected chi connectivity index (χ3v) is 9.68. The first kappa shape index (κ1) is 24.2. The first-order valence-corrected chi connectivity index (χ1v) is 15.3. The number of thiophene rings is 1. The lowest BCUT2D eigenvalue weighted by Gasteiger charge is -2.29. The highest BCUT2D eigenvalue weighted by atomic mass is 32.1. The molecule has 0 atom stereocenters. The molecule has 0 N–H and O–H groups in total. The molecule has 0 aliphatic heterocycles. The number of hydrogen-bond donors (Lipinski definition) is 0. The summed E-state index contributed by atoms with van der Waals surface area (Å²) in [5.41, 5.74) is 7.57. The van der Waals surface area contributed by atoms with Gasteiger partial charge in [0.05, 0.1) is 21.8 Å². The van der Waals surface area contributed by atoms with E-state index in [0.29, 0.717) is 0 Å². The highest BCUT2D eigenvalue weighted by molar-refractivity contribution is 7.26. The molecule has 2 heterocycles. The summed E-state index contributed by atoms with van der Waals surface area (Å²) < 4.78 is 8.89. The van der Waals surface area contributed by atoms with Crippen LogP contribution in [0.4, 0.5) is 17.1 Å². The summed E-state index contributed by atoms with van der Waals surface area (Å²) in [4.78, 5) is 2.47. The van der Waals surface area contributed by atoms with E-state index in [-0.39, 0.29) is 0 Å². The van der Waals surface area contributed by atoms with Gasteiger partial charge in [0.2, 0.25) is 0 Å². The van der Waals surface area contributed by atoms with Gasteiger partial charge in [-0.05, 0) is 47.3 Å². The number of hydrogen-bond acceptors (Lipinski definition) is 3. The van der Waals surface area contributed by atoms with E-state index < -0.39 is 0 Å². The molecule has 9 rings (SSSR count). The first-order valence-electron chi connectivity index (χ1n) is 14.5. The molecule has 0 saturated heterocycles. The highest BCUT2D eigenvalue weighted by Crippen LogP contribution is 2.49. The van der Waals surface area contributed by atoms with E-state index in [9.17, 15) is 0 Å². The number of anilines is 3. The molecule has 0 amide bonds. The van der Waals surface area contributed by atoms with Crippen molar-refractivity contribution in [3.05, 3.63) is 152 Å². The van der Waals surface area contributed by atoms with Crippen LogP contribution in [-0.2, 0) is 0 Å². The minimum Gasteiger partial charge on any atom is -0.456 e. The average Bonchev–Trinajstić information content (AvgIpc) is 3.64. The van der Waals surface area contributed by atoms with E-state index in [1.807, 2.05) is 17.4 Å². The van der Waals surface area contributed by atoms with Gasteiger partial charge in [0, 0.05) is 37.2 Å². The molecule has 0 aliphatic carbocycles. The molecule has 2 nitrogen and oxygen atoms in total. The molecule has 43 heavy (non-hydrogen) atoms. The maximum atomic E-state index is 6.32. The lowest BCUT2D eigenvalue weighted by molar-refractivity contribution is 0.669. The Kier molecular flexibility index (Phi) is 5.40. The maximum Gasteiger partial charge on any atom is 0.136 e. The van der Waals surface area contributed by atoms with Gasteiger partial charge in [-0.3, -0.25) is 0 Å². The number of benzene rings is 7. The van der Waals surface area contributed by atoms with Gasteiger partial charge >= 0.3 is 0 Å². The molecule has 0 radical (unpaired) electrons. The van der Waals surface area contributed by atoms with E-state index >= 15 is 0 Å². The molecule has 7 aromatic carbocycles. The van der Waals surface area contributed by atoms with Crippen molar-refractivity contribution in [1.29, 1.82) is 0 Å². The van der Waals surface area contributed by atoms with Crippen LogP contribution in [0.3, 0.4) is 0 Å². The molecule has 0 bridgehead atoms. The Bertz CT molecular complexity index is 2480. The standard InChI is InChI=1S/C40H25NOS/c1-2-14-27-26(12-1)13-9-21-33(27)41(35-22-10-19-31-29-16-5-8-25-38(29)43-40(31)35)34-20-6-3-15-28(34)30-18-11-24-37-39(30)32-17-4-7-23-36(32)42-37/h1-25H. The molecule has 202 valence electrons. The summed E-state index contributed by atoms with van der Waals surface area (Å²) in [7, 11) is 0. The predicted molar refractivity (Wildman–Crippen MR) is 184 cm³/mol. The molecule has 0 unspecified atom stereocenters. The van der Waals surface area contributed by atoms with Crippen LogP contribution in [0, 0.1) is 0 Å². The third kappa shape index (κ3) is 3.72. The fourth-order valence-electron chi connectivity index (χ4n) is 6.60. The Labute approximate surface area is 252 Å². The minimum atomic E-state index is 0.900. The van der Waals surface area contributed by atoms with Gasteiger partial charge in [-0.2, -0.15) is 0 Å². The van der Waals surface area contributed by atoms with E-state index in [4.69, 9.17) is 4.42 Å². The van der Waals surface area contributed by atoms with Crippen LogP contribution in [0.2, 0.25) is 0 Å². The zero-order valence-corrected chi connectivity index (χ0v) is 24.0. The van der Waals surface area contributed by atoms with Crippen LogP contribution in [0.1, 0.15) is 0 Å². The van der Waals surface area contributed by atoms with E-state index in [1.165, 1.54) is 36.6 Å². The van der Waals surface area contributed by atoms with Gasteiger partial charge in [0.25, 0.3) is 0 Å². The van der Waals surface area contributed by atoms with Crippen molar-refractivity contribution in [2.45, 2.75) is 0 Å². The molecule has 9 aromatic rings. The van der Waals surface area contributed by atoms with Crippen LogP contribution in [-0.4, -0.2) is 0 Å². The molecule has 3 heteroatoms. The smallest absolute Gasteiger partial charge is 0.136 e. The van der Waals surface area contributed by atoms with Gasteiger partial charge in [-0.1, -0.05) is 115 Å². The van der Waals surface area contributed by atoms with Gasteiger partial charge in [0.1, 0.15) is 11.2 Å². The average molecular weight is 568 g/mol. The van der Waals surface area contributed by atoms with Crippen LogP contribution in [0.5, 0.6) is 0 Å². The zero-order chi connectivity index (χ0) is 28.3. The largest absolute Gasteiger partial charge is 0.456 e. The molecule has 0 spiro atoms. The summed E-state index contributed by atoms with van der Waals surface area (Å²) in [6.07, 6.45) is 0. The Balaban J connectivity index is 1.40. The van der Waals surface area contributed by atoms with Crippen molar-refractivity contribution < 1.29 is 4.42 Å². The fraction of sp³-hybridized carbons (Fsp3) is 0. The molecule has 0 fully saturated rings. The molecular formula is C40H25NOS. The summed E-state index contributed by atoms with van der Waals surface area (Å²) >= 11 is 1.86. The second kappa shape index (κ2) is 9.59. The Morgan fingerprint density at radius 1 is 0.419 bits per heavy atom. The Morgan fingerprint density at radius 2 is 1.02 bits per heavy atom. The van der Waals surface area contributed by atoms with E-state index in [2.05, 4.69) is 150 Å². The Hall–Kier alpha value is -5.38. The van der Waals surface area contributed by atoms with Gasteiger partial charge in [-0.15, -0.1) is 11.3 Å². The van der Waals surface area contributed by atoms with Crippen LogP contribution in [0.25, 0.3) is 64.0 Å². The Morgan fingerprint density at radius 3 is 1.98 bits per heavy atom. The maximum absolute atomic E-state index is 6.32. The molecule has 0 saturated carbocycles. The van der Waals surface area contributed by atoms with E-state index in [0.717, 1.165) is 44.4 Å². The topological polar surface area (TPSA) is 16.4 Å². The number of fused-ring (bicyclic) bond motifs is 7. The zero-order valence-electron chi connectivity index (χ0n) is 23.2. The SMILES string of the molecule is c1ccc(N(c2cccc3ccccc23)c2cccc3c2sc2ccccc23)c(-c2cccc3oc4ccccc4c23)c1. The second-order valence-corrected chi connectivity index (χ2v) is 11.9. The number of para-hydroxylation sites is 2. The quantitative estimate of drug-likeness (QED) is 0.210. The fourth-order valence-corrected chi connectivity index (χ4v) is 7.80. The van der Waals surface area contributed by atoms with Gasteiger partial charge in [0.15, 0.2) is 0 Å². The molecular weight excluding hydrogens is 543 g/mol. The number of furan rings is 1. The monoisotopic (exact) mass is 567 g/mol.